The first-order valence-corrected chi connectivity index (χ1v) is 6.51. The summed E-state index contributed by atoms with van der Waals surface area (Å²) in [5.74, 6) is 0.990. The highest BCUT2D eigenvalue weighted by Crippen LogP contribution is 2.19. The fraction of sp³-hybridized carbons (Fsp3) is 0.333. The van der Waals surface area contributed by atoms with Crippen molar-refractivity contribution in [3.8, 4) is 6.07 Å². The molecule has 0 aliphatic carbocycles. The molecular formula is C15H16N4. The van der Waals surface area contributed by atoms with Crippen LogP contribution in [0.4, 0.5) is 0 Å². The fourth-order valence-electron chi connectivity index (χ4n) is 2.64. The predicted octanol–water partition coefficient (Wildman–Crippen LogP) is 2.15. The number of hydrogen-bond donors (Lipinski definition) is 1. The third kappa shape index (κ3) is 2.38. The van der Waals surface area contributed by atoms with E-state index in [0.29, 0.717) is 0 Å². The maximum absolute atomic E-state index is 9.12. The van der Waals surface area contributed by atoms with Crippen LogP contribution in [0.25, 0.3) is 0 Å². The van der Waals surface area contributed by atoms with E-state index in [4.69, 9.17) is 5.26 Å². The lowest BCUT2D eigenvalue weighted by Crippen LogP contribution is -2.30. The van der Waals surface area contributed by atoms with Crippen LogP contribution in [0.15, 0.2) is 24.3 Å². The maximum atomic E-state index is 9.12. The first-order chi connectivity index (χ1) is 9.26. The number of benzene rings is 1. The minimum Gasteiger partial charge on any atom is -0.345 e. The third-order valence-electron chi connectivity index (χ3n) is 3.56. The van der Waals surface area contributed by atoms with Crippen molar-refractivity contribution in [2.24, 2.45) is 0 Å². The van der Waals surface area contributed by atoms with E-state index < -0.39 is 0 Å². The molecule has 2 heterocycles. The predicted molar refractivity (Wildman–Crippen MR) is 72.3 cm³/mol. The lowest BCUT2D eigenvalue weighted by molar-refractivity contribution is 0.241. The highest BCUT2D eigenvalue weighted by molar-refractivity contribution is 5.37. The van der Waals surface area contributed by atoms with Crippen LogP contribution in [0, 0.1) is 18.3 Å². The molecule has 0 amide bonds. The Morgan fingerprint density at radius 3 is 3.11 bits per heavy atom. The monoisotopic (exact) mass is 252 g/mol. The van der Waals surface area contributed by atoms with E-state index in [9.17, 15) is 0 Å². The van der Waals surface area contributed by atoms with Crippen LogP contribution in [0.5, 0.6) is 0 Å². The summed E-state index contributed by atoms with van der Waals surface area (Å²) in [6, 6.07) is 10.1. The van der Waals surface area contributed by atoms with Crippen LogP contribution in [-0.2, 0) is 19.5 Å². The van der Waals surface area contributed by atoms with Gasteiger partial charge in [0.2, 0.25) is 0 Å². The van der Waals surface area contributed by atoms with E-state index in [-0.39, 0.29) is 0 Å². The molecule has 0 radical (unpaired) electrons. The number of imidazole rings is 1. The molecule has 1 aromatic heterocycles. The van der Waals surface area contributed by atoms with Gasteiger partial charge in [-0.3, -0.25) is 4.90 Å². The summed E-state index contributed by atoms with van der Waals surface area (Å²) in [5, 5.41) is 9.12. The smallest absolute Gasteiger partial charge is 0.103 e. The van der Waals surface area contributed by atoms with Gasteiger partial charge in [0, 0.05) is 26.1 Å². The van der Waals surface area contributed by atoms with Crippen molar-refractivity contribution in [2.75, 3.05) is 6.54 Å². The number of fused-ring (bicyclic) bond motifs is 1. The minimum atomic E-state index is 0.772. The topological polar surface area (TPSA) is 55.7 Å². The van der Waals surface area contributed by atoms with Gasteiger partial charge < -0.3 is 4.98 Å². The summed E-state index contributed by atoms with van der Waals surface area (Å²) in [6.45, 7) is 4.70. The van der Waals surface area contributed by atoms with Gasteiger partial charge in [-0.1, -0.05) is 18.2 Å². The number of nitrogens with zero attached hydrogens (tertiary/aromatic N) is 3. The molecule has 0 fully saturated rings. The number of aromatic amines is 1. The van der Waals surface area contributed by atoms with Gasteiger partial charge in [0.1, 0.15) is 5.82 Å². The molecule has 0 atom stereocenters. The second-order valence-electron chi connectivity index (χ2n) is 4.98. The zero-order valence-corrected chi connectivity index (χ0v) is 11.0. The van der Waals surface area contributed by atoms with Crippen LogP contribution in [0.2, 0.25) is 0 Å². The molecule has 2 aromatic rings. The van der Waals surface area contributed by atoms with E-state index in [0.717, 1.165) is 43.0 Å². The SMILES string of the molecule is Cc1nc2c([nH]1)CN(Cc1ccccc1C#N)CC2. The second kappa shape index (κ2) is 4.87. The Hall–Kier alpha value is -2.12. The van der Waals surface area contributed by atoms with Gasteiger partial charge >= 0.3 is 0 Å². The van der Waals surface area contributed by atoms with Crippen molar-refractivity contribution < 1.29 is 0 Å². The van der Waals surface area contributed by atoms with Gasteiger partial charge in [-0.2, -0.15) is 5.26 Å². The van der Waals surface area contributed by atoms with Crippen molar-refractivity contribution in [1.82, 2.24) is 14.9 Å². The molecule has 1 N–H and O–H groups in total. The van der Waals surface area contributed by atoms with E-state index in [1.54, 1.807) is 0 Å². The van der Waals surface area contributed by atoms with Crippen molar-refractivity contribution in [1.29, 1.82) is 5.26 Å². The first-order valence-electron chi connectivity index (χ1n) is 6.51. The number of aryl methyl sites for hydroxylation is 1. The Bertz CT molecular complexity index is 636. The Balaban J connectivity index is 1.77. The van der Waals surface area contributed by atoms with E-state index in [2.05, 4.69) is 20.9 Å². The third-order valence-corrected chi connectivity index (χ3v) is 3.56. The summed E-state index contributed by atoms with van der Waals surface area (Å²) in [4.78, 5) is 10.2. The molecule has 1 aromatic carbocycles. The van der Waals surface area contributed by atoms with E-state index in [1.165, 1.54) is 11.4 Å². The molecule has 4 heteroatoms. The molecule has 1 aliphatic rings. The lowest BCUT2D eigenvalue weighted by atomic mass is 10.1. The summed E-state index contributed by atoms with van der Waals surface area (Å²) < 4.78 is 0. The molecule has 3 rings (SSSR count). The summed E-state index contributed by atoms with van der Waals surface area (Å²) in [7, 11) is 0. The molecule has 19 heavy (non-hydrogen) atoms. The molecule has 0 unspecified atom stereocenters. The molecule has 0 saturated heterocycles. The Kier molecular flexibility index (Phi) is 3.06. The lowest BCUT2D eigenvalue weighted by Gasteiger charge is -2.26. The number of hydrogen-bond acceptors (Lipinski definition) is 3. The van der Waals surface area contributed by atoms with E-state index in [1.807, 2.05) is 31.2 Å². The number of nitrogens with one attached hydrogen (secondary N) is 1. The maximum Gasteiger partial charge on any atom is 0.103 e. The van der Waals surface area contributed by atoms with Gasteiger partial charge in [0.05, 0.1) is 23.0 Å². The highest BCUT2D eigenvalue weighted by Gasteiger charge is 2.19. The number of H-pyrrole nitrogens is 1. The standard InChI is InChI=1S/C15H16N4/c1-11-17-14-6-7-19(10-15(14)18-11)9-13-5-3-2-4-12(13)8-16/h2-5H,6-7,9-10H2,1H3,(H,17,18). The van der Waals surface area contributed by atoms with Crippen LogP contribution in [0.3, 0.4) is 0 Å². The van der Waals surface area contributed by atoms with Crippen LogP contribution < -0.4 is 0 Å². The fourth-order valence-corrected chi connectivity index (χ4v) is 2.64. The Labute approximate surface area is 112 Å². The van der Waals surface area contributed by atoms with Crippen molar-refractivity contribution >= 4 is 0 Å². The average molecular weight is 252 g/mol. The van der Waals surface area contributed by atoms with Crippen molar-refractivity contribution in [3.05, 3.63) is 52.6 Å². The quantitative estimate of drug-likeness (QED) is 0.891. The summed E-state index contributed by atoms with van der Waals surface area (Å²) in [6.07, 6.45) is 0.981. The summed E-state index contributed by atoms with van der Waals surface area (Å²) in [5.41, 5.74) is 4.29. The Morgan fingerprint density at radius 2 is 2.26 bits per heavy atom. The van der Waals surface area contributed by atoms with Gasteiger partial charge in [-0.15, -0.1) is 0 Å². The Morgan fingerprint density at radius 1 is 1.42 bits per heavy atom. The number of rotatable bonds is 2. The van der Waals surface area contributed by atoms with Gasteiger partial charge in [0.25, 0.3) is 0 Å². The molecule has 0 spiro atoms. The minimum absolute atomic E-state index is 0.772. The van der Waals surface area contributed by atoms with Gasteiger partial charge in [0.15, 0.2) is 0 Å². The summed E-state index contributed by atoms with van der Waals surface area (Å²) >= 11 is 0. The normalized spacial score (nSPS) is 14.9. The largest absolute Gasteiger partial charge is 0.345 e. The number of aromatic nitrogens is 2. The molecule has 1 aliphatic heterocycles. The zero-order chi connectivity index (χ0) is 13.2. The van der Waals surface area contributed by atoms with Crippen molar-refractivity contribution in [3.63, 3.8) is 0 Å². The first kappa shape index (κ1) is 11.9. The van der Waals surface area contributed by atoms with Crippen molar-refractivity contribution in [2.45, 2.75) is 26.4 Å². The number of nitriles is 1. The second-order valence-corrected chi connectivity index (χ2v) is 4.98. The highest BCUT2D eigenvalue weighted by atomic mass is 15.2. The average Bonchev–Trinajstić information content (AvgIpc) is 2.79. The van der Waals surface area contributed by atoms with Crippen LogP contribution >= 0.6 is 0 Å². The van der Waals surface area contributed by atoms with Crippen LogP contribution in [0.1, 0.15) is 28.3 Å². The molecule has 0 bridgehead atoms. The molecule has 4 nitrogen and oxygen atoms in total. The van der Waals surface area contributed by atoms with Gasteiger partial charge in [-0.25, -0.2) is 4.98 Å². The van der Waals surface area contributed by atoms with Gasteiger partial charge in [-0.05, 0) is 18.6 Å². The molecular weight excluding hydrogens is 236 g/mol. The molecule has 96 valence electrons. The zero-order valence-electron chi connectivity index (χ0n) is 11.0. The van der Waals surface area contributed by atoms with Crippen LogP contribution in [-0.4, -0.2) is 21.4 Å². The van der Waals surface area contributed by atoms with E-state index >= 15 is 0 Å². The molecule has 0 saturated carbocycles.